The van der Waals surface area contributed by atoms with Crippen LogP contribution >= 0.6 is 0 Å². The first-order valence-corrected chi connectivity index (χ1v) is 10.4. The van der Waals surface area contributed by atoms with Crippen LogP contribution in [0.5, 0.6) is 28.7 Å². The van der Waals surface area contributed by atoms with Gasteiger partial charge in [-0.15, -0.1) is 0 Å². The molecular formula is C23H23NO8. The predicted molar refractivity (Wildman–Crippen MR) is 110 cm³/mol. The van der Waals surface area contributed by atoms with E-state index in [1.807, 2.05) is 12.1 Å². The smallest absolute Gasteiger partial charge is 0.310 e. The van der Waals surface area contributed by atoms with Crippen molar-refractivity contribution in [1.29, 1.82) is 0 Å². The number of phenols is 2. The van der Waals surface area contributed by atoms with Crippen LogP contribution in [0.1, 0.15) is 42.0 Å². The van der Waals surface area contributed by atoms with Crippen molar-refractivity contribution in [3.8, 4) is 28.7 Å². The molecule has 3 aliphatic rings. The summed E-state index contributed by atoms with van der Waals surface area (Å²) >= 11 is 0. The summed E-state index contributed by atoms with van der Waals surface area (Å²) in [7, 11) is 1.38. The summed E-state index contributed by atoms with van der Waals surface area (Å²) < 4.78 is 21.8. The zero-order chi connectivity index (χ0) is 22.6. The summed E-state index contributed by atoms with van der Waals surface area (Å²) in [4.78, 5) is 25.2. The van der Waals surface area contributed by atoms with Gasteiger partial charge in [-0.05, 0) is 41.0 Å². The van der Waals surface area contributed by atoms with Crippen molar-refractivity contribution in [3.05, 3.63) is 41.0 Å². The molecule has 1 fully saturated rings. The Kier molecular flexibility index (Phi) is 4.76. The molecule has 3 N–H and O–H groups in total. The Balaban J connectivity index is 1.73. The van der Waals surface area contributed by atoms with Crippen LogP contribution in [0.15, 0.2) is 24.3 Å². The number of carbonyl (C=O) groups excluding carboxylic acids is 2. The van der Waals surface area contributed by atoms with E-state index in [-0.39, 0.29) is 48.4 Å². The zero-order valence-electron chi connectivity index (χ0n) is 17.6. The molecule has 5 rings (SSSR count). The Labute approximate surface area is 183 Å². The summed E-state index contributed by atoms with van der Waals surface area (Å²) in [6, 6.07) is 6.21. The van der Waals surface area contributed by atoms with Crippen molar-refractivity contribution in [1.82, 2.24) is 5.32 Å². The minimum atomic E-state index is -0.612. The molecule has 1 saturated heterocycles. The topological polar surface area (TPSA) is 124 Å². The Morgan fingerprint density at radius 3 is 2.53 bits per heavy atom. The molecule has 2 aromatic carbocycles. The van der Waals surface area contributed by atoms with Crippen molar-refractivity contribution >= 4 is 11.9 Å². The monoisotopic (exact) mass is 441 g/mol. The van der Waals surface area contributed by atoms with E-state index in [0.717, 1.165) is 11.1 Å². The third kappa shape index (κ3) is 2.99. The fourth-order valence-electron chi connectivity index (χ4n) is 4.97. The van der Waals surface area contributed by atoms with E-state index in [0.29, 0.717) is 23.5 Å². The molecule has 2 aromatic rings. The van der Waals surface area contributed by atoms with E-state index in [9.17, 15) is 19.8 Å². The molecule has 2 aliphatic heterocycles. The maximum absolute atomic E-state index is 12.9. The van der Waals surface area contributed by atoms with Gasteiger partial charge < -0.3 is 34.5 Å². The fraction of sp³-hybridized carbons (Fsp3) is 0.391. The molecule has 0 radical (unpaired) electrons. The Hall–Kier alpha value is -3.62. The van der Waals surface area contributed by atoms with Crippen LogP contribution in [0.2, 0.25) is 0 Å². The van der Waals surface area contributed by atoms with E-state index >= 15 is 0 Å². The van der Waals surface area contributed by atoms with Crippen molar-refractivity contribution in [2.45, 2.75) is 25.3 Å². The number of esters is 1. The van der Waals surface area contributed by atoms with Crippen LogP contribution in [-0.4, -0.2) is 42.6 Å². The lowest BCUT2D eigenvalue weighted by Gasteiger charge is -2.39. The highest BCUT2D eigenvalue weighted by molar-refractivity contribution is 5.81. The van der Waals surface area contributed by atoms with Crippen LogP contribution in [0.3, 0.4) is 0 Å². The molecular weight excluding hydrogens is 418 g/mol. The number of nitrogens with one attached hydrogen (secondary N) is 1. The minimum Gasteiger partial charge on any atom is -0.504 e. The van der Waals surface area contributed by atoms with E-state index in [4.69, 9.17) is 18.9 Å². The molecule has 2 unspecified atom stereocenters. The van der Waals surface area contributed by atoms with Crippen molar-refractivity contribution in [2.75, 3.05) is 20.5 Å². The highest BCUT2D eigenvalue weighted by Crippen LogP contribution is 2.55. The molecule has 0 aromatic heterocycles. The number of methoxy groups -OCH3 is 1. The van der Waals surface area contributed by atoms with Gasteiger partial charge in [0, 0.05) is 18.3 Å². The lowest BCUT2D eigenvalue weighted by Crippen LogP contribution is -2.42. The van der Waals surface area contributed by atoms with Gasteiger partial charge in [-0.1, -0.05) is 6.92 Å². The lowest BCUT2D eigenvalue weighted by molar-refractivity contribution is -0.141. The number of ether oxygens (including phenoxy) is 4. The Morgan fingerprint density at radius 2 is 1.84 bits per heavy atom. The number of phenolic OH excluding ortho intramolecular Hbond substituents is 2. The molecule has 0 saturated carbocycles. The van der Waals surface area contributed by atoms with Crippen molar-refractivity contribution in [2.24, 2.45) is 11.8 Å². The number of amides is 1. The second-order valence-electron chi connectivity index (χ2n) is 8.12. The van der Waals surface area contributed by atoms with Crippen LogP contribution in [0, 0.1) is 11.8 Å². The lowest BCUT2D eigenvalue weighted by atomic mass is 9.65. The van der Waals surface area contributed by atoms with Gasteiger partial charge in [0.25, 0.3) is 0 Å². The molecule has 1 amide bonds. The average Bonchev–Trinajstić information content (AvgIpc) is 3.40. The maximum Gasteiger partial charge on any atom is 0.310 e. The molecule has 1 aliphatic carbocycles. The van der Waals surface area contributed by atoms with Crippen molar-refractivity contribution < 1.29 is 38.7 Å². The number of fused-ring (bicyclic) bond motifs is 3. The van der Waals surface area contributed by atoms with Crippen LogP contribution < -0.4 is 19.5 Å². The standard InChI is InChI=1S/C23H23NO8/c1-3-18(26)24-21-12-7-16-15(31-9-32-16)6-11(12)19(20-13(21)8-30-23(20)28)10-4-14(25)22(27)17(5-10)29-2/h4-7,13,19-21,25,27H,3,8-9H2,1-2H3,(H,24,26)/t13?,19-,20+,21?/m1/s1. The van der Waals surface area contributed by atoms with E-state index in [2.05, 4.69) is 5.32 Å². The fourth-order valence-corrected chi connectivity index (χ4v) is 4.97. The first-order chi connectivity index (χ1) is 15.4. The van der Waals surface area contributed by atoms with Gasteiger partial charge in [0.05, 0.1) is 25.7 Å². The quantitative estimate of drug-likeness (QED) is 0.488. The number of hydrogen-bond acceptors (Lipinski definition) is 8. The molecule has 0 spiro atoms. The Bertz CT molecular complexity index is 1110. The SMILES string of the molecule is CCC(=O)NC1c2cc3c(cc2[C@@H](c2cc(O)c(O)c(OC)c2)[C@H]2C(=O)OCC12)OCO3. The average molecular weight is 441 g/mol. The van der Waals surface area contributed by atoms with Gasteiger partial charge >= 0.3 is 5.97 Å². The van der Waals surface area contributed by atoms with E-state index in [1.54, 1.807) is 13.0 Å². The number of cyclic esters (lactones) is 1. The molecule has 0 bridgehead atoms. The van der Waals surface area contributed by atoms with Crippen LogP contribution in [-0.2, 0) is 14.3 Å². The number of rotatable bonds is 4. The third-order valence-corrected chi connectivity index (χ3v) is 6.48. The largest absolute Gasteiger partial charge is 0.504 e. The van der Waals surface area contributed by atoms with Gasteiger partial charge in [-0.25, -0.2) is 0 Å². The molecule has 4 atom stereocenters. The van der Waals surface area contributed by atoms with Crippen LogP contribution in [0.4, 0.5) is 0 Å². The van der Waals surface area contributed by atoms with Crippen molar-refractivity contribution in [3.63, 3.8) is 0 Å². The van der Waals surface area contributed by atoms with Gasteiger partial charge in [-0.2, -0.15) is 0 Å². The Morgan fingerprint density at radius 1 is 1.12 bits per heavy atom. The first-order valence-electron chi connectivity index (χ1n) is 10.4. The highest BCUT2D eigenvalue weighted by atomic mass is 16.7. The predicted octanol–water partition coefficient (Wildman–Crippen LogP) is 2.34. The third-order valence-electron chi connectivity index (χ3n) is 6.48. The molecule has 9 nitrogen and oxygen atoms in total. The number of carbonyl (C=O) groups is 2. The summed E-state index contributed by atoms with van der Waals surface area (Å²) in [6.07, 6.45) is 0.301. The van der Waals surface area contributed by atoms with Gasteiger partial charge in [0.2, 0.25) is 18.4 Å². The number of hydrogen-bond donors (Lipinski definition) is 3. The minimum absolute atomic E-state index is 0.0810. The molecule has 168 valence electrons. The molecule has 2 heterocycles. The second kappa shape index (κ2) is 7.51. The van der Waals surface area contributed by atoms with Gasteiger partial charge in [0.1, 0.15) is 0 Å². The highest BCUT2D eigenvalue weighted by Gasteiger charge is 2.53. The zero-order valence-corrected chi connectivity index (χ0v) is 17.6. The summed E-state index contributed by atoms with van der Waals surface area (Å²) in [5, 5.41) is 23.4. The maximum atomic E-state index is 12.9. The van der Waals surface area contributed by atoms with Crippen LogP contribution in [0.25, 0.3) is 0 Å². The molecule has 32 heavy (non-hydrogen) atoms. The van der Waals surface area contributed by atoms with Gasteiger partial charge in [0.15, 0.2) is 23.0 Å². The second-order valence-corrected chi connectivity index (χ2v) is 8.12. The normalized spacial score (nSPS) is 25.0. The number of aromatic hydroxyl groups is 2. The summed E-state index contributed by atoms with van der Waals surface area (Å²) in [5.74, 6) is -1.52. The number of benzene rings is 2. The van der Waals surface area contributed by atoms with E-state index in [1.165, 1.54) is 13.2 Å². The summed E-state index contributed by atoms with van der Waals surface area (Å²) in [5.41, 5.74) is 2.13. The van der Waals surface area contributed by atoms with Gasteiger partial charge in [-0.3, -0.25) is 9.59 Å². The first kappa shape index (κ1) is 20.3. The summed E-state index contributed by atoms with van der Waals surface area (Å²) in [6.45, 7) is 2.00. The van der Waals surface area contributed by atoms with E-state index < -0.39 is 17.9 Å². The molecule has 9 heteroatoms.